The molecular weight excluding hydrogens is 456 g/mol. The largest absolute Gasteiger partial charge is 0.489 e. The van der Waals surface area contributed by atoms with Crippen molar-refractivity contribution in [1.82, 2.24) is 0 Å². The Morgan fingerprint density at radius 3 is 2.45 bits per heavy atom. The summed E-state index contributed by atoms with van der Waals surface area (Å²) in [6.07, 6.45) is 1.95. The smallest absolute Gasteiger partial charge is 0.341 e. The molecular formula is C26H21BrO4. The van der Waals surface area contributed by atoms with Crippen LogP contribution < -0.4 is 9.47 Å². The van der Waals surface area contributed by atoms with E-state index in [-0.39, 0.29) is 6.61 Å². The molecule has 0 amide bonds. The van der Waals surface area contributed by atoms with E-state index < -0.39 is 5.97 Å². The van der Waals surface area contributed by atoms with Gasteiger partial charge >= 0.3 is 5.97 Å². The Hall–Kier alpha value is -3.49. The summed E-state index contributed by atoms with van der Waals surface area (Å²) in [4.78, 5) is 10.7. The van der Waals surface area contributed by atoms with Gasteiger partial charge in [0, 0.05) is 15.6 Å². The van der Waals surface area contributed by atoms with Gasteiger partial charge in [0.05, 0.1) is 0 Å². The average Bonchev–Trinajstić information content (AvgIpc) is 2.77. The van der Waals surface area contributed by atoms with Gasteiger partial charge < -0.3 is 14.6 Å². The van der Waals surface area contributed by atoms with Crippen LogP contribution in [0.5, 0.6) is 11.5 Å². The van der Waals surface area contributed by atoms with Gasteiger partial charge in [0.2, 0.25) is 0 Å². The number of hydrogen-bond acceptors (Lipinski definition) is 3. The summed E-state index contributed by atoms with van der Waals surface area (Å²) < 4.78 is 12.1. The zero-order valence-corrected chi connectivity index (χ0v) is 18.6. The zero-order valence-electron chi connectivity index (χ0n) is 17.0. The van der Waals surface area contributed by atoms with Gasteiger partial charge in [-0.3, -0.25) is 0 Å². The minimum absolute atomic E-state index is 0.337. The van der Waals surface area contributed by atoms with E-state index in [2.05, 4.69) is 27.8 Å². The number of allylic oxidation sites excluding steroid dienone is 1. The molecule has 0 aromatic heterocycles. The van der Waals surface area contributed by atoms with E-state index in [1.54, 1.807) is 12.1 Å². The molecule has 0 heterocycles. The first-order chi connectivity index (χ1) is 15.0. The van der Waals surface area contributed by atoms with Crippen molar-refractivity contribution in [3.63, 3.8) is 0 Å². The fourth-order valence-corrected chi connectivity index (χ4v) is 3.03. The van der Waals surface area contributed by atoms with Gasteiger partial charge in [0.1, 0.15) is 18.1 Å². The number of carboxylic acid groups (broad SMARTS) is 1. The third-order valence-electron chi connectivity index (χ3n) is 4.31. The van der Waals surface area contributed by atoms with Crippen LogP contribution in [0.15, 0.2) is 83.3 Å². The summed E-state index contributed by atoms with van der Waals surface area (Å²) in [6, 6.07) is 23.1. The molecule has 1 N–H and O–H groups in total. The van der Waals surface area contributed by atoms with E-state index in [1.165, 1.54) is 0 Å². The number of rotatable bonds is 7. The minimum atomic E-state index is -1.01. The van der Waals surface area contributed by atoms with Gasteiger partial charge in [-0.15, -0.1) is 0 Å². The number of ether oxygens (including phenoxy) is 2. The van der Waals surface area contributed by atoms with Crippen LogP contribution in [0.25, 0.3) is 5.57 Å². The third-order valence-corrected chi connectivity index (χ3v) is 4.83. The molecule has 5 heteroatoms. The second-order valence-electron chi connectivity index (χ2n) is 6.66. The van der Waals surface area contributed by atoms with Gasteiger partial charge in [0.25, 0.3) is 0 Å². The Balaban J connectivity index is 1.75. The summed E-state index contributed by atoms with van der Waals surface area (Å²) >= 11 is 3.46. The molecule has 31 heavy (non-hydrogen) atoms. The molecule has 156 valence electrons. The molecule has 0 unspecified atom stereocenters. The van der Waals surface area contributed by atoms with Crippen LogP contribution in [0.2, 0.25) is 0 Å². The zero-order chi connectivity index (χ0) is 22.1. The number of aryl methyl sites for hydroxylation is 1. The van der Waals surface area contributed by atoms with Crippen LogP contribution >= 0.6 is 15.9 Å². The van der Waals surface area contributed by atoms with Crippen molar-refractivity contribution in [3.05, 3.63) is 100 Å². The Kier molecular flexibility index (Phi) is 7.91. The molecule has 0 aliphatic rings. The molecule has 3 aromatic carbocycles. The van der Waals surface area contributed by atoms with Crippen molar-refractivity contribution < 1.29 is 19.4 Å². The highest BCUT2D eigenvalue weighted by atomic mass is 79.9. The van der Waals surface area contributed by atoms with Crippen LogP contribution in [0.1, 0.15) is 16.7 Å². The van der Waals surface area contributed by atoms with Crippen molar-refractivity contribution in [1.29, 1.82) is 0 Å². The number of aliphatic carboxylic acids is 1. The monoisotopic (exact) mass is 476 g/mol. The van der Waals surface area contributed by atoms with Crippen molar-refractivity contribution in [3.8, 4) is 23.3 Å². The van der Waals surface area contributed by atoms with Gasteiger partial charge in [-0.2, -0.15) is 0 Å². The van der Waals surface area contributed by atoms with Crippen molar-refractivity contribution in [2.24, 2.45) is 0 Å². The fraction of sp³-hybridized carbons (Fsp3) is 0.115. The third kappa shape index (κ3) is 7.06. The highest BCUT2D eigenvalue weighted by Gasteiger charge is 2.05. The van der Waals surface area contributed by atoms with Gasteiger partial charge in [-0.25, -0.2) is 4.79 Å². The molecule has 3 rings (SSSR count). The molecule has 0 saturated carbocycles. The van der Waals surface area contributed by atoms with E-state index in [0.717, 1.165) is 26.7 Å². The molecule has 0 atom stereocenters. The fourth-order valence-electron chi connectivity index (χ4n) is 2.77. The van der Waals surface area contributed by atoms with Crippen molar-refractivity contribution >= 4 is 27.5 Å². The predicted octanol–water partition coefficient (Wildman–Crippen LogP) is 5.74. The van der Waals surface area contributed by atoms with Crippen molar-refractivity contribution in [2.45, 2.75) is 6.92 Å². The first-order valence-corrected chi connectivity index (χ1v) is 10.4. The standard InChI is InChI=1S/C26H21BrO4/c1-19-17-24(13-14-25(19)31-18-26(28)29)30-16-15-22(21-9-11-23(27)12-10-21)8-7-20-5-3-2-4-6-20/h2-6,9-15,17H,16,18H2,1H3,(H,28,29)/b22-15+. The highest BCUT2D eigenvalue weighted by Crippen LogP contribution is 2.24. The highest BCUT2D eigenvalue weighted by molar-refractivity contribution is 9.10. The van der Waals surface area contributed by atoms with Gasteiger partial charge in [0.15, 0.2) is 6.61 Å². The lowest BCUT2D eigenvalue weighted by molar-refractivity contribution is -0.139. The predicted molar refractivity (Wildman–Crippen MR) is 125 cm³/mol. The first kappa shape index (κ1) is 22.2. The molecule has 0 aliphatic carbocycles. The lowest BCUT2D eigenvalue weighted by Gasteiger charge is -2.10. The Morgan fingerprint density at radius 1 is 1.03 bits per heavy atom. The summed E-state index contributed by atoms with van der Waals surface area (Å²) in [5.74, 6) is 6.62. The topological polar surface area (TPSA) is 55.8 Å². The number of hydrogen-bond donors (Lipinski definition) is 1. The van der Waals surface area contributed by atoms with Crippen molar-refractivity contribution in [2.75, 3.05) is 13.2 Å². The maximum Gasteiger partial charge on any atom is 0.341 e. The van der Waals surface area contributed by atoms with Crippen LogP contribution in [0.3, 0.4) is 0 Å². The molecule has 0 fully saturated rings. The summed E-state index contributed by atoms with van der Waals surface area (Å²) in [7, 11) is 0. The molecule has 0 aliphatic heterocycles. The van der Waals surface area contributed by atoms with Crippen LogP contribution in [0, 0.1) is 18.8 Å². The second-order valence-corrected chi connectivity index (χ2v) is 7.58. The Bertz CT molecular complexity index is 1120. The molecule has 0 bridgehead atoms. The van der Waals surface area contributed by atoms with Gasteiger partial charge in [-0.05, 0) is 66.6 Å². The quantitative estimate of drug-likeness (QED) is 0.442. The summed E-state index contributed by atoms with van der Waals surface area (Å²) in [5, 5.41) is 8.74. The van der Waals surface area contributed by atoms with Gasteiger partial charge in [-0.1, -0.05) is 58.1 Å². The average molecular weight is 477 g/mol. The minimum Gasteiger partial charge on any atom is -0.489 e. The molecule has 4 nitrogen and oxygen atoms in total. The normalized spacial score (nSPS) is 10.7. The number of carbonyl (C=O) groups is 1. The molecule has 3 aromatic rings. The van der Waals surface area contributed by atoms with Crippen LogP contribution in [-0.2, 0) is 4.79 Å². The number of benzene rings is 3. The van der Waals surface area contributed by atoms with E-state index in [1.807, 2.05) is 73.7 Å². The Morgan fingerprint density at radius 2 is 1.77 bits per heavy atom. The maximum atomic E-state index is 10.7. The lowest BCUT2D eigenvalue weighted by Crippen LogP contribution is -2.10. The van der Waals surface area contributed by atoms with E-state index >= 15 is 0 Å². The maximum absolute atomic E-state index is 10.7. The van der Waals surface area contributed by atoms with Crippen LogP contribution in [-0.4, -0.2) is 24.3 Å². The van der Waals surface area contributed by atoms with E-state index in [4.69, 9.17) is 14.6 Å². The second kappa shape index (κ2) is 11.1. The number of halogens is 1. The van der Waals surface area contributed by atoms with E-state index in [9.17, 15) is 4.79 Å². The first-order valence-electron chi connectivity index (χ1n) is 9.62. The SMILES string of the molecule is Cc1cc(OC/C=C(\C#Cc2ccccc2)c2ccc(Br)cc2)ccc1OCC(=O)O. The van der Waals surface area contributed by atoms with Crippen LogP contribution in [0.4, 0.5) is 0 Å². The molecule has 0 spiro atoms. The summed E-state index contributed by atoms with van der Waals surface area (Å²) in [5.41, 5.74) is 3.62. The summed E-state index contributed by atoms with van der Waals surface area (Å²) in [6.45, 7) is 1.81. The molecule has 0 saturated heterocycles. The lowest BCUT2D eigenvalue weighted by atomic mass is 10.1. The number of carboxylic acids is 1. The van der Waals surface area contributed by atoms with E-state index in [0.29, 0.717) is 18.1 Å². The molecule has 0 radical (unpaired) electrons. The Labute approximate surface area is 190 Å².